The SMILES string of the molecule is COc1ccc2c(c1)[C@H](NC(=O)[C@H]1CCCN(S(=O)(=O)c3ccc(Cl)cc3)C1)CC(C)(C)O2. The van der Waals surface area contributed by atoms with E-state index in [0.29, 0.717) is 42.3 Å². The predicted octanol–water partition coefficient (Wildman–Crippen LogP) is 4.17. The summed E-state index contributed by atoms with van der Waals surface area (Å²) in [7, 11) is -2.10. The normalized spacial score (nSPS) is 22.7. The first-order valence-electron chi connectivity index (χ1n) is 11.0. The number of nitrogens with zero attached hydrogens (tertiary/aromatic N) is 1. The largest absolute Gasteiger partial charge is 0.497 e. The molecule has 1 N–H and O–H groups in total. The highest BCUT2D eigenvalue weighted by Gasteiger charge is 2.38. The van der Waals surface area contributed by atoms with Crippen LogP contribution in [-0.2, 0) is 14.8 Å². The number of carbonyl (C=O) groups excluding carboxylic acids is 1. The van der Waals surface area contributed by atoms with Gasteiger partial charge in [0.25, 0.3) is 0 Å². The molecule has 1 fully saturated rings. The van der Waals surface area contributed by atoms with Crippen LogP contribution in [0, 0.1) is 5.92 Å². The summed E-state index contributed by atoms with van der Waals surface area (Å²) in [6.45, 7) is 4.51. The van der Waals surface area contributed by atoms with Crippen LogP contribution in [0.15, 0.2) is 47.4 Å². The molecular formula is C24H29ClN2O5S. The van der Waals surface area contributed by atoms with Crippen LogP contribution in [0.3, 0.4) is 0 Å². The fraction of sp³-hybridized carbons (Fsp3) is 0.458. The van der Waals surface area contributed by atoms with Gasteiger partial charge in [-0.2, -0.15) is 4.31 Å². The molecule has 2 aromatic carbocycles. The molecule has 0 unspecified atom stereocenters. The molecule has 0 radical (unpaired) electrons. The van der Waals surface area contributed by atoms with Crippen molar-refractivity contribution in [2.75, 3.05) is 20.2 Å². The number of hydrogen-bond acceptors (Lipinski definition) is 5. The van der Waals surface area contributed by atoms with Gasteiger partial charge in [-0.25, -0.2) is 8.42 Å². The molecule has 2 aromatic rings. The zero-order valence-corrected chi connectivity index (χ0v) is 20.6. The second-order valence-corrected chi connectivity index (χ2v) is 11.6. The number of sulfonamides is 1. The molecule has 1 saturated heterocycles. The highest BCUT2D eigenvalue weighted by atomic mass is 35.5. The number of rotatable bonds is 5. The molecular weight excluding hydrogens is 464 g/mol. The summed E-state index contributed by atoms with van der Waals surface area (Å²) in [6.07, 6.45) is 1.85. The Morgan fingerprint density at radius 2 is 1.94 bits per heavy atom. The number of fused-ring (bicyclic) bond motifs is 1. The Labute approximate surface area is 200 Å². The number of benzene rings is 2. The van der Waals surface area contributed by atoms with Crippen molar-refractivity contribution in [1.29, 1.82) is 0 Å². The van der Waals surface area contributed by atoms with Gasteiger partial charge in [0.1, 0.15) is 17.1 Å². The third kappa shape index (κ3) is 5.13. The average Bonchev–Trinajstić information content (AvgIpc) is 2.78. The number of hydrogen-bond donors (Lipinski definition) is 1. The first kappa shape index (κ1) is 23.9. The van der Waals surface area contributed by atoms with E-state index in [0.717, 1.165) is 5.56 Å². The van der Waals surface area contributed by atoms with Crippen molar-refractivity contribution in [3.63, 3.8) is 0 Å². The molecule has 2 heterocycles. The minimum atomic E-state index is -3.70. The molecule has 1 amide bonds. The van der Waals surface area contributed by atoms with Gasteiger partial charge in [0, 0.05) is 30.1 Å². The minimum absolute atomic E-state index is 0.147. The van der Waals surface area contributed by atoms with E-state index >= 15 is 0 Å². The Balaban J connectivity index is 1.51. The lowest BCUT2D eigenvalue weighted by atomic mass is 9.88. The van der Waals surface area contributed by atoms with Crippen LogP contribution in [0.1, 0.15) is 44.7 Å². The van der Waals surface area contributed by atoms with Gasteiger partial charge in [-0.05, 0) is 69.2 Å². The minimum Gasteiger partial charge on any atom is -0.497 e. The topological polar surface area (TPSA) is 84.9 Å². The molecule has 2 aliphatic rings. The van der Waals surface area contributed by atoms with Crippen LogP contribution >= 0.6 is 11.6 Å². The van der Waals surface area contributed by atoms with Crippen molar-refractivity contribution < 1.29 is 22.7 Å². The zero-order valence-electron chi connectivity index (χ0n) is 19.0. The molecule has 0 spiro atoms. The number of methoxy groups -OCH3 is 1. The first-order chi connectivity index (χ1) is 15.6. The number of ether oxygens (including phenoxy) is 2. The van der Waals surface area contributed by atoms with Gasteiger partial charge in [0.15, 0.2) is 0 Å². The Kier molecular flexibility index (Phi) is 6.62. The van der Waals surface area contributed by atoms with E-state index in [-0.39, 0.29) is 23.4 Å². The van der Waals surface area contributed by atoms with Gasteiger partial charge in [-0.15, -0.1) is 0 Å². The van der Waals surface area contributed by atoms with Crippen LogP contribution < -0.4 is 14.8 Å². The van der Waals surface area contributed by atoms with Crippen LogP contribution in [0.25, 0.3) is 0 Å². The highest BCUT2D eigenvalue weighted by molar-refractivity contribution is 7.89. The summed E-state index contributed by atoms with van der Waals surface area (Å²) in [4.78, 5) is 13.5. The van der Waals surface area contributed by atoms with Crippen LogP contribution in [0.4, 0.5) is 0 Å². The quantitative estimate of drug-likeness (QED) is 0.677. The maximum absolute atomic E-state index is 13.3. The average molecular weight is 493 g/mol. The third-order valence-corrected chi connectivity index (χ3v) is 8.33. The second kappa shape index (κ2) is 9.16. The number of nitrogens with one attached hydrogen (secondary N) is 1. The van der Waals surface area contributed by atoms with Gasteiger partial charge >= 0.3 is 0 Å². The van der Waals surface area contributed by atoms with Crippen LogP contribution in [0.2, 0.25) is 5.02 Å². The number of carbonyl (C=O) groups is 1. The molecule has 2 atom stereocenters. The molecule has 0 aliphatic carbocycles. The summed E-state index contributed by atoms with van der Waals surface area (Å²) < 4.78 is 39.0. The third-order valence-electron chi connectivity index (χ3n) is 6.20. The molecule has 0 aromatic heterocycles. The summed E-state index contributed by atoms with van der Waals surface area (Å²) >= 11 is 5.90. The molecule has 2 aliphatic heterocycles. The van der Waals surface area contributed by atoms with Gasteiger partial charge in [-0.1, -0.05) is 11.6 Å². The summed E-state index contributed by atoms with van der Waals surface area (Å²) in [5.74, 6) is 0.824. The summed E-state index contributed by atoms with van der Waals surface area (Å²) in [6, 6.07) is 11.4. The van der Waals surface area contributed by atoms with E-state index in [9.17, 15) is 13.2 Å². The smallest absolute Gasteiger partial charge is 0.243 e. The Morgan fingerprint density at radius 3 is 2.64 bits per heavy atom. The zero-order chi connectivity index (χ0) is 23.8. The molecule has 178 valence electrons. The summed E-state index contributed by atoms with van der Waals surface area (Å²) in [5.41, 5.74) is 0.416. The van der Waals surface area contributed by atoms with Crippen molar-refractivity contribution in [3.05, 3.63) is 53.1 Å². The molecule has 9 heteroatoms. The van der Waals surface area contributed by atoms with E-state index in [1.807, 2.05) is 32.0 Å². The Hall–Kier alpha value is -2.29. The van der Waals surface area contributed by atoms with Crippen molar-refractivity contribution in [3.8, 4) is 11.5 Å². The molecule has 0 saturated carbocycles. The predicted molar refractivity (Wildman–Crippen MR) is 126 cm³/mol. The fourth-order valence-electron chi connectivity index (χ4n) is 4.51. The lowest BCUT2D eigenvalue weighted by molar-refractivity contribution is -0.127. The van der Waals surface area contributed by atoms with Crippen molar-refractivity contribution in [2.45, 2.75) is 49.6 Å². The Bertz CT molecular complexity index is 1130. The molecule has 4 rings (SSSR count). The van der Waals surface area contributed by atoms with E-state index in [1.54, 1.807) is 19.2 Å². The van der Waals surface area contributed by atoms with Crippen molar-refractivity contribution in [2.24, 2.45) is 5.92 Å². The van der Waals surface area contributed by atoms with E-state index < -0.39 is 21.5 Å². The van der Waals surface area contributed by atoms with Gasteiger partial charge in [-0.3, -0.25) is 4.79 Å². The van der Waals surface area contributed by atoms with E-state index in [1.165, 1.54) is 16.4 Å². The lowest BCUT2D eigenvalue weighted by Gasteiger charge is -2.39. The first-order valence-corrected chi connectivity index (χ1v) is 12.8. The van der Waals surface area contributed by atoms with E-state index in [2.05, 4.69) is 5.32 Å². The number of halogens is 1. The monoisotopic (exact) mass is 492 g/mol. The highest BCUT2D eigenvalue weighted by Crippen LogP contribution is 2.41. The maximum Gasteiger partial charge on any atom is 0.243 e. The maximum atomic E-state index is 13.3. The van der Waals surface area contributed by atoms with Gasteiger partial charge in [0.2, 0.25) is 15.9 Å². The number of piperidine rings is 1. The molecule has 7 nitrogen and oxygen atoms in total. The molecule has 33 heavy (non-hydrogen) atoms. The molecule has 0 bridgehead atoms. The van der Waals surface area contributed by atoms with Crippen molar-refractivity contribution >= 4 is 27.5 Å². The second-order valence-electron chi connectivity index (χ2n) is 9.19. The summed E-state index contributed by atoms with van der Waals surface area (Å²) in [5, 5.41) is 3.63. The lowest BCUT2D eigenvalue weighted by Crippen LogP contribution is -2.48. The van der Waals surface area contributed by atoms with E-state index in [4.69, 9.17) is 21.1 Å². The van der Waals surface area contributed by atoms with Crippen LogP contribution in [-0.4, -0.2) is 44.4 Å². The number of amides is 1. The standard InChI is InChI=1S/C24H29ClN2O5S/c1-24(2)14-21(20-13-18(31-3)8-11-22(20)32-24)26-23(28)16-5-4-12-27(15-16)33(29,30)19-9-6-17(25)7-10-19/h6-11,13,16,21H,4-5,12,14-15H2,1-3H3,(H,26,28)/t16-,21+/m0/s1. The van der Waals surface area contributed by atoms with Gasteiger partial charge < -0.3 is 14.8 Å². The van der Waals surface area contributed by atoms with Crippen molar-refractivity contribution in [1.82, 2.24) is 9.62 Å². The van der Waals surface area contributed by atoms with Gasteiger partial charge in [0.05, 0.1) is 24.0 Å². The fourth-order valence-corrected chi connectivity index (χ4v) is 6.16. The van der Waals surface area contributed by atoms with Crippen LogP contribution in [0.5, 0.6) is 11.5 Å². The Morgan fingerprint density at radius 1 is 1.21 bits per heavy atom.